The Hall–Kier alpha value is -1.13. The summed E-state index contributed by atoms with van der Waals surface area (Å²) in [6.45, 7) is 3.95. The Labute approximate surface area is 103 Å². The molecule has 4 heteroatoms. The largest absolute Gasteiger partial charge is 0.298 e. The summed E-state index contributed by atoms with van der Waals surface area (Å²) in [5.41, 5.74) is 2.85. The number of aryl methyl sites for hydroxylation is 2. The maximum atomic E-state index is 10.9. The van der Waals surface area contributed by atoms with Crippen molar-refractivity contribution in [1.82, 2.24) is 4.98 Å². The quantitative estimate of drug-likeness (QED) is 0.776. The molecular weight excluding hydrogens is 238 g/mol. The molecule has 0 aliphatic carbocycles. The molecule has 0 saturated carbocycles. The SMILES string of the molecule is Cc1ccc(Sc2nc(C)cs2)c(C=O)c1. The molecule has 2 aromatic rings. The van der Waals surface area contributed by atoms with Crippen molar-refractivity contribution in [1.29, 1.82) is 0 Å². The molecule has 0 fully saturated rings. The molecule has 0 atom stereocenters. The van der Waals surface area contributed by atoms with Crippen LogP contribution in [0.5, 0.6) is 0 Å². The first kappa shape index (κ1) is 11.4. The average molecular weight is 249 g/mol. The zero-order valence-electron chi connectivity index (χ0n) is 9.06. The molecule has 0 radical (unpaired) electrons. The van der Waals surface area contributed by atoms with Gasteiger partial charge in [0, 0.05) is 21.5 Å². The van der Waals surface area contributed by atoms with Crippen LogP contribution in [0.4, 0.5) is 0 Å². The lowest BCUT2D eigenvalue weighted by Gasteiger charge is -2.02. The van der Waals surface area contributed by atoms with Gasteiger partial charge in [-0.3, -0.25) is 4.79 Å². The molecule has 0 bridgehead atoms. The summed E-state index contributed by atoms with van der Waals surface area (Å²) in [5, 5.41) is 2.01. The zero-order valence-corrected chi connectivity index (χ0v) is 10.7. The molecule has 0 aliphatic heterocycles. The van der Waals surface area contributed by atoms with Gasteiger partial charge in [0.25, 0.3) is 0 Å². The summed E-state index contributed by atoms with van der Waals surface area (Å²) in [4.78, 5) is 16.3. The van der Waals surface area contributed by atoms with Gasteiger partial charge in [0.1, 0.15) is 0 Å². The second kappa shape index (κ2) is 4.80. The minimum Gasteiger partial charge on any atom is -0.298 e. The number of nitrogens with zero attached hydrogens (tertiary/aromatic N) is 1. The summed E-state index contributed by atoms with van der Waals surface area (Å²) < 4.78 is 0.976. The van der Waals surface area contributed by atoms with Gasteiger partial charge in [0.05, 0.1) is 0 Å². The minimum atomic E-state index is 0.734. The molecule has 2 nitrogen and oxygen atoms in total. The Morgan fingerprint density at radius 3 is 2.81 bits per heavy atom. The number of aromatic nitrogens is 1. The van der Waals surface area contributed by atoms with Gasteiger partial charge in [-0.25, -0.2) is 4.98 Å². The molecule has 0 amide bonds. The first-order valence-electron chi connectivity index (χ1n) is 4.85. The third-order valence-corrected chi connectivity index (χ3v) is 4.24. The normalized spacial score (nSPS) is 10.4. The number of hydrogen-bond donors (Lipinski definition) is 0. The number of aldehydes is 1. The minimum absolute atomic E-state index is 0.734. The predicted octanol–water partition coefficient (Wildman–Crippen LogP) is 3.72. The van der Waals surface area contributed by atoms with Crippen LogP contribution in [-0.4, -0.2) is 11.3 Å². The Balaban J connectivity index is 2.30. The van der Waals surface area contributed by atoms with Crippen LogP contribution < -0.4 is 0 Å². The molecule has 0 N–H and O–H groups in total. The molecule has 2 rings (SSSR count). The third-order valence-electron chi connectivity index (χ3n) is 2.09. The van der Waals surface area contributed by atoms with E-state index in [1.807, 2.05) is 37.4 Å². The van der Waals surface area contributed by atoms with E-state index in [0.717, 1.165) is 32.3 Å². The highest BCUT2D eigenvalue weighted by atomic mass is 32.2. The second-order valence-corrected chi connectivity index (χ2v) is 5.66. The molecule has 1 aromatic heterocycles. The average Bonchev–Trinajstić information content (AvgIpc) is 2.67. The Morgan fingerprint density at radius 2 is 2.19 bits per heavy atom. The van der Waals surface area contributed by atoms with Crippen molar-refractivity contribution in [3.63, 3.8) is 0 Å². The van der Waals surface area contributed by atoms with E-state index in [4.69, 9.17) is 0 Å². The lowest BCUT2D eigenvalue weighted by atomic mass is 10.2. The molecule has 82 valence electrons. The standard InChI is InChI=1S/C12H11NOS2/c1-8-3-4-11(10(5-8)6-14)16-12-13-9(2)7-15-12/h3-7H,1-2H3. The van der Waals surface area contributed by atoms with Gasteiger partial charge in [0.2, 0.25) is 0 Å². The molecule has 0 aliphatic rings. The summed E-state index contributed by atoms with van der Waals surface area (Å²) in [6.07, 6.45) is 0.899. The molecule has 0 spiro atoms. The van der Waals surface area contributed by atoms with Crippen molar-refractivity contribution in [3.8, 4) is 0 Å². The molecule has 1 heterocycles. The van der Waals surface area contributed by atoms with Crippen LogP contribution in [0.1, 0.15) is 21.6 Å². The van der Waals surface area contributed by atoms with Crippen LogP contribution >= 0.6 is 23.1 Å². The highest BCUT2D eigenvalue weighted by Gasteiger charge is 2.06. The molecule has 16 heavy (non-hydrogen) atoms. The summed E-state index contributed by atoms with van der Waals surface area (Å²) in [6, 6.07) is 5.88. The van der Waals surface area contributed by atoms with Crippen LogP contribution in [0.15, 0.2) is 32.8 Å². The smallest absolute Gasteiger partial charge is 0.154 e. The number of carbonyl (C=O) groups is 1. The number of thiazole rings is 1. The van der Waals surface area contributed by atoms with E-state index in [9.17, 15) is 4.79 Å². The van der Waals surface area contributed by atoms with E-state index in [0.29, 0.717) is 0 Å². The maximum absolute atomic E-state index is 10.9. The zero-order chi connectivity index (χ0) is 11.5. The van der Waals surface area contributed by atoms with Crippen LogP contribution in [0, 0.1) is 13.8 Å². The number of carbonyl (C=O) groups excluding carboxylic acids is 1. The van der Waals surface area contributed by atoms with E-state index in [-0.39, 0.29) is 0 Å². The van der Waals surface area contributed by atoms with Gasteiger partial charge in [-0.05, 0) is 26.0 Å². The highest BCUT2D eigenvalue weighted by Crippen LogP contribution is 2.32. The molecule has 0 saturated heterocycles. The first-order chi connectivity index (χ1) is 7.69. The predicted molar refractivity (Wildman–Crippen MR) is 67.5 cm³/mol. The topological polar surface area (TPSA) is 30.0 Å². The van der Waals surface area contributed by atoms with Crippen molar-refractivity contribution in [3.05, 3.63) is 40.4 Å². The van der Waals surface area contributed by atoms with Crippen LogP contribution in [0.25, 0.3) is 0 Å². The lowest BCUT2D eigenvalue weighted by molar-refractivity contribution is 0.112. The van der Waals surface area contributed by atoms with E-state index < -0.39 is 0 Å². The Kier molecular flexibility index (Phi) is 3.41. The fourth-order valence-electron chi connectivity index (χ4n) is 1.33. The fraction of sp³-hybridized carbons (Fsp3) is 0.167. The van der Waals surface area contributed by atoms with Gasteiger partial charge >= 0.3 is 0 Å². The van der Waals surface area contributed by atoms with Crippen LogP contribution in [0.3, 0.4) is 0 Å². The van der Waals surface area contributed by atoms with Gasteiger partial charge in [0.15, 0.2) is 10.6 Å². The third kappa shape index (κ3) is 2.51. The van der Waals surface area contributed by atoms with Gasteiger partial charge < -0.3 is 0 Å². The second-order valence-electron chi connectivity index (χ2n) is 3.52. The molecule has 0 unspecified atom stereocenters. The van der Waals surface area contributed by atoms with Crippen molar-refractivity contribution in [2.45, 2.75) is 23.1 Å². The lowest BCUT2D eigenvalue weighted by Crippen LogP contribution is -1.86. The number of hydrogen-bond acceptors (Lipinski definition) is 4. The summed E-state index contributed by atoms with van der Waals surface area (Å²) >= 11 is 3.15. The highest BCUT2D eigenvalue weighted by molar-refractivity contribution is 8.01. The Morgan fingerprint density at radius 1 is 1.38 bits per heavy atom. The number of benzene rings is 1. The number of rotatable bonds is 3. The van der Waals surface area contributed by atoms with Crippen LogP contribution in [0.2, 0.25) is 0 Å². The van der Waals surface area contributed by atoms with Gasteiger partial charge in [-0.15, -0.1) is 11.3 Å². The van der Waals surface area contributed by atoms with E-state index in [1.54, 1.807) is 23.1 Å². The summed E-state index contributed by atoms with van der Waals surface area (Å²) in [7, 11) is 0. The van der Waals surface area contributed by atoms with Crippen molar-refractivity contribution in [2.75, 3.05) is 0 Å². The van der Waals surface area contributed by atoms with Crippen molar-refractivity contribution in [2.24, 2.45) is 0 Å². The van der Waals surface area contributed by atoms with E-state index >= 15 is 0 Å². The van der Waals surface area contributed by atoms with E-state index in [2.05, 4.69) is 4.98 Å². The van der Waals surface area contributed by atoms with E-state index in [1.165, 1.54) is 0 Å². The van der Waals surface area contributed by atoms with Crippen LogP contribution in [-0.2, 0) is 0 Å². The van der Waals surface area contributed by atoms with Crippen molar-refractivity contribution < 1.29 is 4.79 Å². The molecular formula is C12H11NOS2. The summed E-state index contributed by atoms with van der Waals surface area (Å²) in [5.74, 6) is 0. The molecule has 1 aromatic carbocycles. The fourth-order valence-corrected chi connectivity index (χ4v) is 3.19. The van der Waals surface area contributed by atoms with Crippen molar-refractivity contribution >= 4 is 29.4 Å². The monoisotopic (exact) mass is 249 g/mol. The Bertz CT molecular complexity index is 519. The first-order valence-corrected chi connectivity index (χ1v) is 6.54. The van der Waals surface area contributed by atoms with Gasteiger partial charge in [-0.1, -0.05) is 23.4 Å². The maximum Gasteiger partial charge on any atom is 0.154 e. The van der Waals surface area contributed by atoms with Gasteiger partial charge in [-0.2, -0.15) is 0 Å².